The highest BCUT2D eigenvalue weighted by molar-refractivity contribution is 7.99. The zero-order valence-electron chi connectivity index (χ0n) is 8.30. The lowest BCUT2D eigenvalue weighted by atomic mass is 10.1. The molecule has 1 atom stereocenters. The van der Waals surface area contributed by atoms with Crippen molar-refractivity contribution in [1.29, 1.82) is 0 Å². The van der Waals surface area contributed by atoms with Gasteiger partial charge >= 0.3 is 0 Å². The molecule has 0 saturated carbocycles. The molecular formula is C11H13Cl2NS. The van der Waals surface area contributed by atoms with Gasteiger partial charge in [0.2, 0.25) is 0 Å². The first-order chi connectivity index (χ1) is 7.27. The van der Waals surface area contributed by atoms with E-state index in [1.165, 1.54) is 17.7 Å². The van der Waals surface area contributed by atoms with Crippen LogP contribution in [0.5, 0.6) is 0 Å². The Morgan fingerprint density at radius 2 is 2.13 bits per heavy atom. The van der Waals surface area contributed by atoms with Gasteiger partial charge in [0.25, 0.3) is 0 Å². The summed E-state index contributed by atoms with van der Waals surface area (Å²) < 4.78 is 0. The van der Waals surface area contributed by atoms with Crippen molar-refractivity contribution in [2.24, 2.45) is 0 Å². The van der Waals surface area contributed by atoms with Crippen molar-refractivity contribution >= 4 is 35.0 Å². The summed E-state index contributed by atoms with van der Waals surface area (Å²) >= 11 is 13.9. The van der Waals surface area contributed by atoms with Crippen LogP contribution in [-0.2, 0) is 0 Å². The smallest absolute Gasteiger partial charge is 0.0595 e. The molecule has 1 heterocycles. The number of hydrogen-bond donors (Lipinski definition) is 1. The van der Waals surface area contributed by atoms with Crippen LogP contribution in [0.3, 0.4) is 0 Å². The van der Waals surface area contributed by atoms with E-state index < -0.39 is 0 Å². The highest BCUT2D eigenvalue weighted by atomic mass is 35.5. The van der Waals surface area contributed by atoms with Gasteiger partial charge in [-0.1, -0.05) is 29.3 Å². The van der Waals surface area contributed by atoms with E-state index in [-0.39, 0.29) is 0 Å². The molecule has 15 heavy (non-hydrogen) atoms. The zero-order chi connectivity index (χ0) is 10.7. The van der Waals surface area contributed by atoms with Crippen LogP contribution in [0.25, 0.3) is 0 Å². The minimum Gasteiger partial charge on any atom is -0.315 e. The van der Waals surface area contributed by atoms with Crippen molar-refractivity contribution < 1.29 is 0 Å². The van der Waals surface area contributed by atoms with E-state index >= 15 is 0 Å². The molecule has 0 radical (unpaired) electrons. The minimum atomic E-state index is 0.502. The van der Waals surface area contributed by atoms with Crippen LogP contribution in [0.4, 0.5) is 0 Å². The van der Waals surface area contributed by atoms with Crippen molar-refractivity contribution in [3.05, 3.63) is 33.8 Å². The summed E-state index contributed by atoms with van der Waals surface area (Å²) in [4.78, 5) is 0. The third kappa shape index (κ3) is 3.04. The molecule has 0 amide bonds. The number of rotatable bonds is 1. The van der Waals surface area contributed by atoms with Gasteiger partial charge in [-0.2, -0.15) is 11.8 Å². The van der Waals surface area contributed by atoms with Crippen LogP contribution in [0.15, 0.2) is 18.2 Å². The monoisotopic (exact) mass is 261 g/mol. The van der Waals surface area contributed by atoms with Gasteiger partial charge in [0.15, 0.2) is 0 Å². The van der Waals surface area contributed by atoms with E-state index in [9.17, 15) is 0 Å². The van der Waals surface area contributed by atoms with E-state index in [1.54, 1.807) is 0 Å². The fourth-order valence-electron chi connectivity index (χ4n) is 1.64. The van der Waals surface area contributed by atoms with Gasteiger partial charge < -0.3 is 5.32 Å². The van der Waals surface area contributed by atoms with Gasteiger partial charge in [-0.3, -0.25) is 0 Å². The first-order valence-corrected chi connectivity index (χ1v) is 6.85. The molecule has 1 aliphatic heterocycles. The van der Waals surface area contributed by atoms with Gasteiger partial charge in [0, 0.05) is 11.8 Å². The largest absolute Gasteiger partial charge is 0.315 e. The van der Waals surface area contributed by atoms with Crippen LogP contribution >= 0.6 is 35.0 Å². The fourth-order valence-corrected chi connectivity index (χ4v) is 3.12. The van der Waals surface area contributed by atoms with Crippen LogP contribution in [0.2, 0.25) is 10.0 Å². The molecule has 1 nitrogen and oxygen atoms in total. The SMILES string of the molecule is Clc1ccc(C2CNCCCS2)cc1Cl. The maximum atomic E-state index is 6.01. The first-order valence-electron chi connectivity index (χ1n) is 5.04. The Hall–Kier alpha value is 0.110. The molecule has 0 aliphatic carbocycles. The second-order valence-corrected chi connectivity index (χ2v) is 5.72. The van der Waals surface area contributed by atoms with E-state index in [0.717, 1.165) is 13.1 Å². The molecule has 1 saturated heterocycles. The first kappa shape index (κ1) is 11.6. The molecule has 4 heteroatoms. The number of halogens is 2. The summed E-state index contributed by atoms with van der Waals surface area (Å²) in [5, 5.41) is 5.22. The maximum absolute atomic E-state index is 6.01. The Labute approximate surface area is 105 Å². The highest BCUT2D eigenvalue weighted by Gasteiger charge is 2.15. The summed E-state index contributed by atoms with van der Waals surface area (Å²) in [7, 11) is 0. The van der Waals surface area contributed by atoms with Crippen LogP contribution in [0.1, 0.15) is 17.2 Å². The lowest BCUT2D eigenvalue weighted by Gasteiger charge is -2.14. The minimum absolute atomic E-state index is 0.502. The zero-order valence-corrected chi connectivity index (χ0v) is 10.6. The number of hydrogen-bond acceptors (Lipinski definition) is 2. The van der Waals surface area contributed by atoms with Crippen molar-refractivity contribution in [2.45, 2.75) is 11.7 Å². The summed E-state index contributed by atoms with van der Waals surface area (Å²) in [5.41, 5.74) is 1.27. The Morgan fingerprint density at radius 1 is 1.27 bits per heavy atom. The second kappa shape index (κ2) is 5.44. The van der Waals surface area contributed by atoms with E-state index in [4.69, 9.17) is 23.2 Å². The number of benzene rings is 1. The Balaban J connectivity index is 2.16. The molecule has 1 N–H and O–H groups in total. The Bertz CT molecular complexity index is 335. The predicted octanol–water partition coefficient (Wildman–Crippen LogP) is 3.76. The van der Waals surface area contributed by atoms with E-state index in [1.807, 2.05) is 23.9 Å². The normalized spacial score (nSPS) is 22.4. The molecule has 1 aromatic rings. The van der Waals surface area contributed by atoms with Crippen molar-refractivity contribution in [3.8, 4) is 0 Å². The summed E-state index contributed by atoms with van der Waals surface area (Å²) in [6.07, 6.45) is 1.24. The third-order valence-electron chi connectivity index (χ3n) is 2.46. The average molecular weight is 262 g/mol. The molecule has 1 aliphatic rings. The second-order valence-electron chi connectivity index (χ2n) is 3.59. The molecule has 0 aromatic heterocycles. The maximum Gasteiger partial charge on any atom is 0.0595 e. The third-order valence-corrected chi connectivity index (χ3v) is 4.57. The standard InChI is InChI=1S/C11H13Cl2NS/c12-9-3-2-8(6-10(9)13)11-7-14-4-1-5-15-11/h2-3,6,11,14H,1,4-5,7H2. The molecular weight excluding hydrogens is 249 g/mol. The van der Waals surface area contributed by atoms with Crippen LogP contribution in [-0.4, -0.2) is 18.8 Å². The van der Waals surface area contributed by atoms with Gasteiger partial charge in [-0.15, -0.1) is 0 Å². The number of thioether (sulfide) groups is 1. The van der Waals surface area contributed by atoms with E-state index in [0.29, 0.717) is 15.3 Å². The Kier molecular flexibility index (Phi) is 4.21. The van der Waals surface area contributed by atoms with Gasteiger partial charge in [-0.25, -0.2) is 0 Å². The lowest BCUT2D eigenvalue weighted by molar-refractivity contribution is 0.684. The van der Waals surface area contributed by atoms with Gasteiger partial charge in [-0.05, 0) is 36.4 Å². The molecule has 2 rings (SSSR count). The van der Waals surface area contributed by atoms with Crippen molar-refractivity contribution in [1.82, 2.24) is 5.32 Å². The summed E-state index contributed by atoms with van der Waals surface area (Å²) in [5.74, 6) is 1.21. The van der Waals surface area contributed by atoms with Crippen molar-refractivity contribution in [3.63, 3.8) is 0 Å². The highest BCUT2D eigenvalue weighted by Crippen LogP contribution is 2.33. The van der Waals surface area contributed by atoms with E-state index in [2.05, 4.69) is 11.4 Å². The fraction of sp³-hybridized carbons (Fsp3) is 0.455. The summed E-state index contributed by atoms with van der Waals surface area (Å²) in [6, 6.07) is 5.93. The number of nitrogens with one attached hydrogen (secondary N) is 1. The predicted molar refractivity (Wildman–Crippen MR) is 69.1 cm³/mol. The topological polar surface area (TPSA) is 12.0 Å². The summed E-state index contributed by atoms with van der Waals surface area (Å²) in [6.45, 7) is 2.13. The molecule has 82 valence electrons. The lowest BCUT2D eigenvalue weighted by Crippen LogP contribution is -2.18. The van der Waals surface area contributed by atoms with Crippen LogP contribution in [0, 0.1) is 0 Å². The average Bonchev–Trinajstić information content (AvgIpc) is 2.50. The molecule has 1 unspecified atom stereocenters. The molecule has 0 bridgehead atoms. The van der Waals surface area contributed by atoms with Crippen molar-refractivity contribution in [2.75, 3.05) is 18.8 Å². The molecule has 0 spiro atoms. The molecule has 1 aromatic carbocycles. The Morgan fingerprint density at radius 3 is 2.93 bits per heavy atom. The quantitative estimate of drug-likeness (QED) is 0.827. The van der Waals surface area contributed by atoms with Gasteiger partial charge in [0.05, 0.1) is 10.0 Å². The van der Waals surface area contributed by atoms with Gasteiger partial charge in [0.1, 0.15) is 0 Å². The molecule has 1 fully saturated rings. The van der Waals surface area contributed by atoms with Crippen LogP contribution < -0.4 is 5.32 Å².